The third-order valence-electron chi connectivity index (χ3n) is 5.33. The minimum absolute atomic E-state index is 0.478. The highest BCUT2D eigenvalue weighted by molar-refractivity contribution is 6.23. The van der Waals surface area contributed by atoms with Gasteiger partial charge in [-0.15, -0.1) is 0 Å². The van der Waals surface area contributed by atoms with Crippen LogP contribution in [0.25, 0.3) is 32.3 Å². The van der Waals surface area contributed by atoms with Crippen LogP contribution in [-0.2, 0) is 0 Å². The number of rotatable bonds is 0. The summed E-state index contributed by atoms with van der Waals surface area (Å²) < 4.78 is 0. The van der Waals surface area contributed by atoms with Crippen molar-refractivity contribution in [3.63, 3.8) is 0 Å². The van der Waals surface area contributed by atoms with Crippen molar-refractivity contribution in [2.45, 2.75) is 24.4 Å². The average Bonchev–Trinajstić information content (AvgIpc) is 2.62. The second-order valence-corrected chi connectivity index (χ2v) is 6.61. The number of hydrogen-bond donors (Lipinski definition) is 4. The minimum Gasteiger partial charge on any atom is -0.387 e. The fraction of sp³-hybridized carbons (Fsp3) is 0.200. The van der Waals surface area contributed by atoms with Crippen LogP contribution in [0.3, 0.4) is 0 Å². The molecule has 4 aromatic carbocycles. The second-order valence-electron chi connectivity index (χ2n) is 6.61. The normalized spacial score (nSPS) is 27.2. The van der Waals surface area contributed by atoms with Crippen molar-refractivity contribution in [2.24, 2.45) is 0 Å². The van der Waals surface area contributed by atoms with Gasteiger partial charge in [0.05, 0.1) is 0 Å². The number of hydrogen-bond acceptors (Lipinski definition) is 4. The highest BCUT2D eigenvalue weighted by Gasteiger charge is 2.41. The molecule has 0 heterocycles. The van der Waals surface area contributed by atoms with Gasteiger partial charge in [-0.3, -0.25) is 0 Å². The van der Waals surface area contributed by atoms with E-state index in [0.717, 1.165) is 32.3 Å². The first-order chi connectivity index (χ1) is 11.6. The van der Waals surface area contributed by atoms with Gasteiger partial charge in [0.2, 0.25) is 0 Å². The third kappa shape index (κ3) is 1.61. The summed E-state index contributed by atoms with van der Waals surface area (Å²) in [6.07, 6.45) is -5.27. The summed E-state index contributed by atoms with van der Waals surface area (Å²) in [6, 6.07) is 15.8. The zero-order chi connectivity index (χ0) is 16.6. The highest BCUT2D eigenvalue weighted by atomic mass is 16.4. The highest BCUT2D eigenvalue weighted by Crippen LogP contribution is 2.45. The summed E-state index contributed by atoms with van der Waals surface area (Å²) in [6.45, 7) is 0. The summed E-state index contributed by atoms with van der Waals surface area (Å²) in [5.74, 6) is 0. The predicted octanol–water partition coefficient (Wildman–Crippen LogP) is 2.39. The van der Waals surface area contributed by atoms with E-state index in [2.05, 4.69) is 0 Å². The van der Waals surface area contributed by atoms with Crippen LogP contribution in [0.1, 0.15) is 23.3 Å². The first kappa shape index (κ1) is 14.1. The van der Waals surface area contributed by atoms with Gasteiger partial charge in [-0.25, -0.2) is 0 Å². The molecule has 0 aromatic heterocycles. The molecule has 5 rings (SSSR count). The summed E-state index contributed by atoms with van der Waals surface area (Å²) in [5.41, 5.74) is 0.984. The second kappa shape index (κ2) is 4.65. The van der Waals surface area contributed by atoms with E-state index in [-0.39, 0.29) is 0 Å². The van der Waals surface area contributed by atoms with E-state index >= 15 is 0 Å². The maximum Gasteiger partial charge on any atom is 0.113 e. The molecule has 0 amide bonds. The molecule has 0 spiro atoms. The van der Waals surface area contributed by atoms with Crippen LogP contribution >= 0.6 is 0 Å². The lowest BCUT2D eigenvalue weighted by Gasteiger charge is -2.35. The Morgan fingerprint density at radius 2 is 1.25 bits per heavy atom. The molecule has 120 valence electrons. The molecule has 1 aliphatic rings. The van der Waals surface area contributed by atoms with E-state index < -0.39 is 24.4 Å². The van der Waals surface area contributed by atoms with E-state index in [4.69, 9.17) is 0 Å². The van der Waals surface area contributed by atoms with Gasteiger partial charge in [0.15, 0.2) is 0 Å². The first-order valence-electron chi connectivity index (χ1n) is 8.00. The van der Waals surface area contributed by atoms with Crippen LogP contribution in [-0.4, -0.2) is 32.6 Å². The molecular weight excluding hydrogens is 304 g/mol. The van der Waals surface area contributed by atoms with Gasteiger partial charge >= 0.3 is 0 Å². The fourth-order valence-electron chi connectivity index (χ4n) is 4.16. The van der Waals surface area contributed by atoms with Crippen molar-refractivity contribution in [3.05, 3.63) is 59.7 Å². The summed E-state index contributed by atoms with van der Waals surface area (Å²) >= 11 is 0. The van der Waals surface area contributed by atoms with Gasteiger partial charge in [-0.2, -0.15) is 0 Å². The molecule has 4 heteroatoms. The lowest BCUT2D eigenvalue weighted by molar-refractivity contribution is -0.119. The fourth-order valence-corrected chi connectivity index (χ4v) is 4.16. The maximum absolute atomic E-state index is 10.5. The summed E-state index contributed by atoms with van der Waals surface area (Å²) in [7, 11) is 0. The quantitative estimate of drug-likeness (QED) is 0.375. The molecule has 0 saturated heterocycles. The monoisotopic (exact) mass is 320 g/mol. The molecule has 0 aliphatic heterocycles. The molecule has 0 bridgehead atoms. The number of aliphatic hydroxyl groups excluding tert-OH is 4. The topological polar surface area (TPSA) is 80.9 Å². The third-order valence-corrected chi connectivity index (χ3v) is 5.33. The van der Waals surface area contributed by atoms with E-state index in [1.165, 1.54) is 0 Å². The van der Waals surface area contributed by atoms with Gasteiger partial charge < -0.3 is 20.4 Å². The van der Waals surface area contributed by atoms with Gasteiger partial charge in [-0.05, 0) is 49.5 Å². The van der Waals surface area contributed by atoms with Crippen LogP contribution in [0, 0.1) is 0 Å². The predicted molar refractivity (Wildman–Crippen MR) is 92.1 cm³/mol. The Labute approximate surface area is 137 Å². The Kier molecular flexibility index (Phi) is 2.74. The van der Waals surface area contributed by atoms with Crippen molar-refractivity contribution >= 4 is 32.3 Å². The lowest BCUT2D eigenvalue weighted by atomic mass is 9.78. The van der Waals surface area contributed by atoms with Crippen molar-refractivity contribution in [1.82, 2.24) is 0 Å². The zero-order valence-electron chi connectivity index (χ0n) is 12.7. The Morgan fingerprint density at radius 1 is 0.625 bits per heavy atom. The van der Waals surface area contributed by atoms with Crippen LogP contribution in [0.5, 0.6) is 0 Å². The maximum atomic E-state index is 10.5. The molecule has 4 unspecified atom stereocenters. The molecule has 4 N–H and O–H groups in total. The van der Waals surface area contributed by atoms with E-state index in [0.29, 0.717) is 11.1 Å². The summed E-state index contributed by atoms with van der Waals surface area (Å²) in [4.78, 5) is 0. The van der Waals surface area contributed by atoms with Gasteiger partial charge in [0, 0.05) is 0 Å². The van der Waals surface area contributed by atoms with Crippen molar-refractivity contribution in [3.8, 4) is 0 Å². The standard InChI is InChI=1S/C20H16O4/c21-17-13-8-11-5-4-9-2-1-3-10-6-7-12(15(11)14(9)10)16(13)18(22)20(24)19(17)23/h1-8,17-24H. The number of benzene rings is 4. The Balaban J connectivity index is 2.01. The largest absolute Gasteiger partial charge is 0.387 e. The molecule has 4 aromatic rings. The van der Waals surface area contributed by atoms with Crippen LogP contribution in [0.15, 0.2) is 48.5 Å². The summed E-state index contributed by atoms with van der Waals surface area (Å²) in [5, 5.41) is 47.1. The molecule has 0 radical (unpaired) electrons. The van der Waals surface area contributed by atoms with Crippen molar-refractivity contribution < 1.29 is 20.4 Å². The molecule has 0 saturated carbocycles. The van der Waals surface area contributed by atoms with E-state index in [1.807, 2.05) is 48.5 Å². The van der Waals surface area contributed by atoms with Gasteiger partial charge in [-0.1, -0.05) is 42.5 Å². The van der Waals surface area contributed by atoms with Crippen molar-refractivity contribution in [2.75, 3.05) is 0 Å². The van der Waals surface area contributed by atoms with Gasteiger partial charge in [0.25, 0.3) is 0 Å². The first-order valence-corrected chi connectivity index (χ1v) is 8.00. The zero-order valence-corrected chi connectivity index (χ0v) is 12.7. The number of fused-ring (bicyclic) bond motifs is 2. The Morgan fingerprint density at radius 3 is 2.00 bits per heavy atom. The molecule has 4 nitrogen and oxygen atoms in total. The Hall–Kier alpha value is -2.24. The van der Waals surface area contributed by atoms with Crippen LogP contribution < -0.4 is 0 Å². The van der Waals surface area contributed by atoms with E-state index in [9.17, 15) is 20.4 Å². The average molecular weight is 320 g/mol. The van der Waals surface area contributed by atoms with E-state index in [1.54, 1.807) is 0 Å². The molecule has 1 aliphatic carbocycles. The van der Waals surface area contributed by atoms with Gasteiger partial charge in [0.1, 0.15) is 24.4 Å². The lowest BCUT2D eigenvalue weighted by Crippen LogP contribution is -2.41. The molecular formula is C20H16O4. The van der Waals surface area contributed by atoms with Crippen LogP contribution in [0.2, 0.25) is 0 Å². The Bertz CT molecular complexity index is 1070. The SMILES string of the molecule is OC1c2cc3ccc4cccc5ccc(c2C(O)C(O)C1O)c3c45. The van der Waals surface area contributed by atoms with Crippen molar-refractivity contribution in [1.29, 1.82) is 0 Å². The molecule has 4 atom stereocenters. The number of aliphatic hydroxyl groups is 4. The molecule has 0 fully saturated rings. The molecule has 24 heavy (non-hydrogen) atoms. The van der Waals surface area contributed by atoms with Crippen LogP contribution in [0.4, 0.5) is 0 Å². The minimum atomic E-state index is -1.41. The smallest absolute Gasteiger partial charge is 0.113 e.